The average molecular weight is 496 g/mol. The number of benzene rings is 3. The summed E-state index contributed by atoms with van der Waals surface area (Å²) < 4.78 is 15.6. The van der Waals surface area contributed by atoms with Crippen LogP contribution in [0.4, 0.5) is 15.8 Å². The molecule has 0 saturated heterocycles. The first-order valence-electron chi connectivity index (χ1n) is 10.2. The van der Waals surface area contributed by atoms with Gasteiger partial charge in [0, 0.05) is 18.3 Å². The Hall–Kier alpha value is -3.69. The number of hydrogen-bond donors (Lipinski definition) is 2. The predicted octanol–water partition coefficient (Wildman–Crippen LogP) is 5.26. The first kappa shape index (κ1) is 23.5. The third-order valence-electron chi connectivity index (χ3n) is 4.83. The SMILES string of the molecule is Cn1c(SCC(=O)Nc2ccccc2Cl)nnc1-c1ccc(NC(=O)c2ccccc2F)cc1. The molecule has 0 aliphatic heterocycles. The van der Waals surface area contributed by atoms with Gasteiger partial charge in [0.05, 0.1) is 22.0 Å². The van der Waals surface area contributed by atoms with Gasteiger partial charge in [0.25, 0.3) is 5.91 Å². The first-order chi connectivity index (χ1) is 16.4. The van der Waals surface area contributed by atoms with E-state index < -0.39 is 11.7 Å². The van der Waals surface area contributed by atoms with Crippen LogP contribution in [0.3, 0.4) is 0 Å². The number of thioether (sulfide) groups is 1. The second-order valence-corrected chi connectivity index (χ2v) is 8.54. The maximum Gasteiger partial charge on any atom is 0.258 e. The normalized spacial score (nSPS) is 10.7. The van der Waals surface area contributed by atoms with Gasteiger partial charge in [-0.15, -0.1) is 10.2 Å². The minimum atomic E-state index is -0.582. The fourth-order valence-corrected chi connectivity index (χ4v) is 4.01. The molecule has 2 amide bonds. The quantitative estimate of drug-likeness (QED) is 0.341. The molecule has 1 aromatic heterocycles. The summed E-state index contributed by atoms with van der Waals surface area (Å²) in [6, 6.07) is 19.8. The van der Waals surface area contributed by atoms with Crippen LogP contribution in [-0.2, 0) is 11.8 Å². The van der Waals surface area contributed by atoms with Crippen LogP contribution in [0, 0.1) is 5.82 Å². The molecule has 0 fully saturated rings. The fourth-order valence-electron chi connectivity index (χ4n) is 3.12. The van der Waals surface area contributed by atoms with E-state index in [1.165, 1.54) is 30.0 Å². The topological polar surface area (TPSA) is 88.9 Å². The summed E-state index contributed by atoms with van der Waals surface area (Å²) in [4.78, 5) is 24.6. The Morgan fingerprint density at radius 1 is 0.971 bits per heavy atom. The van der Waals surface area contributed by atoms with Crippen molar-refractivity contribution in [2.24, 2.45) is 7.05 Å². The number of nitrogens with zero attached hydrogens (tertiary/aromatic N) is 3. The van der Waals surface area contributed by atoms with Gasteiger partial charge in [0.2, 0.25) is 5.91 Å². The van der Waals surface area contributed by atoms with E-state index in [4.69, 9.17) is 11.6 Å². The average Bonchev–Trinajstić information content (AvgIpc) is 3.20. The van der Waals surface area contributed by atoms with Gasteiger partial charge in [-0.1, -0.05) is 47.6 Å². The Kier molecular flexibility index (Phi) is 7.24. The molecular formula is C24H19ClFN5O2S. The van der Waals surface area contributed by atoms with E-state index in [0.717, 1.165) is 5.56 Å². The number of anilines is 2. The molecule has 10 heteroatoms. The number of amides is 2. The molecule has 0 bridgehead atoms. The summed E-state index contributed by atoms with van der Waals surface area (Å²) in [5.74, 6) is -0.587. The molecule has 0 atom stereocenters. The molecule has 0 aliphatic rings. The van der Waals surface area contributed by atoms with Crippen molar-refractivity contribution in [1.82, 2.24) is 14.8 Å². The fraction of sp³-hybridized carbons (Fsp3) is 0.0833. The van der Waals surface area contributed by atoms with E-state index in [-0.39, 0.29) is 17.2 Å². The number of aromatic nitrogens is 3. The highest BCUT2D eigenvalue weighted by Crippen LogP contribution is 2.25. The van der Waals surface area contributed by atoms with Crippen molar-refractivity contribution >= 4 is 46.6 Å². The number of carbonyl (C=O) groups excluding carboxylic acids is 2. The lowest BCUT2D eigenvalue weighted by atomic mass is 10.1. The number of nitrogens with one attached hydrogen (secondary N) is 2. The van der Waals surface area contributed by atoms with Crippen molar-refractivity contribution in [2.45, 2.75) is 5.16 Å². The molecule has 0 radical (unpaired) electrons. The molecule has 7 nitrogen and oxygen atoms in total. The molecule has 4 aromatic rings. The smallest absolute Gasteiger partial charge is 0.258 e. The minimum absolute atomic E-state index is 0.0277. The Bertz CT molecular complexity index is 1340. The van der Waals surface area contributed by atoms with Gasteiger partial charge >= 0.3 is 0 Å². The zero-order chi connectivity index (χ0) is 24.1. The Balaban J connectivity index is 1.38. The number of para-hydroxylation sites is 1. The van der Waals surface area contributed by atoms with Gasteiger partial charge in [-0.2, -0.15) is 0 Å². The standard InChI is InChI=1S/C24H19ClFN5O2S/c1-31-22(29-30-24(31)34-14-21(32)28-20-9-5-3-7-18(20)25)15-10-12-16(13-11-15)27-23(33)17-6-2-4-8-19(17)26/h2-13H,14H2,1H3,(H,27,33)(H,28,32). The lowest BCUT2D eigenvalue weighted by Gasteiger charge is -2.08. The second-order valence-electron chi connectivity index (χ2n) is 7.19. The van der Waals surface area contributed by atoms with Crippen LogP contribution in [0.2, 0.25) is 5.02 Å². The molecular weight excluding hydrogens is 477 g/mol. The van der Waals surface area contributed by atoms with Gasteiger partial charge in [-0.05, 0) is 48.5 Å². The largest absolute Gasteiger partial charge is 0.324 e. The van der Waals surface area contributed by atoms with Crippen molar-refractivity contribution in [3.63, 3.8) is 0 Å². The van der Waals surface area contributed by atoms with Crippen molar-refractivity contribution in [3.05, 3.63) is 89.2 Å². The monoisotopic (exact) mass is 495 g/mol. The maximum atomic E-state index is 13.8. The summed E-state index contributed by atoms with van der Waals surface area (Å²) in [6.45, 7) is 0. The molecule has 1 heterocycles. The third-order valence-corrected chi connectivity index (χ3v) is 6.18. The second kappa shape index (κ2) is 10.5. The van der Waals surface area contributed by atoms with Crippen molar-refractivity contribution in [2.75, 3.05) is 16.4 Å². The highest BCUT2D eigenvalue weighted by molar-refractivity contribution is 7.99. The van der Waals surface area contributed by atoms with Gasteiger partial charge < -0.3 is 15.2 Å². The Morgan fingerprint density at radius 2 is 1.68 bits per heavy atom. The van der Waals surface area contributed by atoms with Gasteiger partial charge in [0.15, 0.2) is 11.0 Å². The van der Waals surface area contributed by atoms with Gasteiger partial charge in [-0.25, -0.2) is 4.39 Å². The summed E-state index contributed by atoms with van der Waals surface area (Å²) in [5.41, 5.74) is 1.81. The van der Waals surface area contributed by atoms with E-state index in [9.17, 15) is 14.0 Å². The lowest BCUT2D eigenvalue weighted by Crippen LogP contribution is -2.14. The van der Waals surface area contributed by atoms with E-state index in [1.807, 2.05) is 0 Å². The molecule has 0 saturated carbocycles. The maximum absolute atomic E-state index is 13.8. The first-order valence-corrected chi connectivity index (χ1v) is 11.5. The van der Waals surface area contributed by atoms with E-state index in [1.54, 1.807) is 66.2 Å². The van der Waals surface area contributed by atoms with Crippen molar-refractivity contribution in [1.29, 1.82) is 0 Å². The van der Waals surface area contributed by atoms with E-state index in [2.05, 4.69) is 20.8 Å². The number of halogens is 2. The summed E-state index contributed by atoms with van der Waals surface area (Å²) >= 11 is 7.32. The zero-order valence-electron chi connectivity index (χ0n) is 18.0. The summed E-state index contributed by atoms with van der Waals surface area (Å²) in [7, 11) is 1.80. The van der Waals surface area contributed by atoms with E-state index >= 15 is 0 Å². The lowest BCUT2D eigenvalue weighted by molar-refractivity contribution is -0.113. The van der Waals surface area contributed by atoms with Crippen LogP contribution in [-0.4, -0.2) is 32.3 Å². The molecule has 0 unspecified atom stereocenters. The minimum Gasteiger partial charge on any atom is -0.324 e. The van der Waals surface area contributed by atoms with Crippen molar-refractivity contribution in [3.8, 4) is 11.4 Å². The molecule has 34 heavy (non-hydrogen) atoms. The molecule has 0 spiro atoms. The van der Waals surface area contributed by atoms with Crippen LogP contribution < -0.4 is 10.6 Å². The Labute approximate surface area is 204 Å². The van der Waals surface area contributed by atoms with Crippen LogP contribution in [0.5, 0.6) is 0 Å². The molecule has 4 rings (SSSR count). The van der Waals surface area contributed by atoms with Gasteiger partial charge in [-0.3, -0.25) is 9.59 Å². The number of hydrogen-bond acceptors (Lipinski definition) is 5. The highest BCUT2D eigenvalue weighted by atomic mass is 35.5. The molecule has 2 N–H and O–H groups in total. The zero-order valence-corrected chi connectivity index (χ0v) is 19.5. The van der Waals surface area contributed by atoms with Gasteiger partial charge in [0.1, 0.15) is 5.82 Å². The molecule has 3 aromatic carbocycles. The predicted molar refractivity (Wildman–Crippen MR) is 132 cm³/mol. The van der Waals surface area contributed by atoms with Crippen LogP contribution in [0.15, 0.2) is 78.0 Å². The van der Waals surface area contributed by atoms with Crippen LogP contribution in [0.25, 0.3) is 11.4 Å². The summed E-state index contributed by atoms with van der Waals surface area (Å²) in [6.07, 6.45) is 0. The Morgan fingerprint density at radius 3 is 2.41 bits per heavy atom. The number of carbonyl (C=O) groups is 2. The van der Waals surface area contributed by atoms with E-state index in [0.29, 0.717) is 27.4 Å². The third kappa shape index (κ3) is 5.44. The van der Waals surface area contributed by atoms with Crippen molar-refractivity contribution < 1.29 is 14.0 Å². The van der Waals surface area contributed by atoms with Crippen LogP contribution in [0.1, 0.15) is 10.4 Å². The number of rotatable bonds is 7. The molecule has 172 valence electrons. The molecule has 0 aliphatic carbocycles. The summed E-state index contributed by atoms with van der Waals surface area (Å²) in [5, 5.41) is 14.9. The highest BCUT2D eigenvalue weighted by Gasteiger charge is 2.15. The van der Waals surface area contributed by atoms with Crippen LogP contribution >= 0.6 is 23.4 Å².